The number of amides is 1. The van der Waals surface area contributed by atoms with Gasteiger partial charge in [0.2, 0.25) is 0 Å². The topological polar surface area (TPSA) is 106 Å². The number of esters is 1. The Bertz CT molecular complexity index is 1840. The highest BCUT2D eigenvalue weighted by molar-refractivity contribution is 5.95. The summed E-state index contributed by atoms with van der Waals surface area (Å²) in [5, 5.41) is 14.6. The molecule has 6 rings (SSSR count). The molecular formula is C56H84N2O6. The van der Waals surface area contributed by atoms with Crippen LogP contribution in [0.3, 0.4) is 0 Å². The van der Waals surface area contributed by atoms with Gasteiger partial charge in [-0.1, -0.05) is 117 Å². The van der Waals surface area contributed by atoms with Gasteiger partial charge >= 0.3 is 5.97 Å². The summed E-state index contributed by atoms with van der Waals surface area (Å²) < 4.78 is 17.8. The molecule has 4 aliphatic carbocycles. The van der Waals surface area contributed by atoms with Crippen molar-refractivity contribution in [1.29, 1.82) is 0 Å². The molecule has 2 aromatic rings. The first-order valence-corrected chi connectivity index (χ1v) is 25.8. The smallest absolute Gasteiger partial charge is 0.306 e. The summed E-state index contributed by atoms with van der Waals surface area (Å²) in [7, 11) is 0. The lowest BCUT2D eigenvalue weighted by molar-refractivity contribution is -0.151. The molecule has 0 heterocycles. The number of unbranched alkanes of at least 4 members (excludes halogenated alkanes) is 8. The third-order valence-electron chi connectivity index (χ3n) is 16.4. The van der Waals surface area contributed by atoms with Gasteiger partial charge < -0.3 is 19.3 Å². The van der Waals surface area contributed by atoms with Crippen LogP contribution in [0.5, 0.6) is 17.2 Å². The summed E-state index contributed by atoms with van der Waals surface area (Å²) >= 11 is 0. The Morgan fingerprint density at radius 2 is 1.52 bits per heavy atom. The van der Waals surface area contributed by atoms with Gasteiger partial charge in [-0.2, -0.15) is 5.10 Å². The summed E-state index contributed by atoms with van der Waals surface area (Å²) in [4.78, 5) is 25.6. The number of hydrazone groups is 1. The molecule has 0 saturated heterocycles. The minimum absolute atomic E-state index is 0.00377. The number of benzene rings is 2. The van der Waals surface area contributed by atoms with Crippen LogP contribution in [0.15, 0.2) is 59.2 Å². The first-order valence-electron chi connectivity index (χ1n) is 25.8. The van der Waals surface area contributed by atoms with Gasteiger partial charge in [0.1, 0.15) is 23.4 Å². The van der Waals surface area contributed by atoms with Crippen LogP contribution in [0, 0.1) is 46.3 Å². The van der Waals surface area contributed by atoms with Crippen molar-refractivity contribution < 1.29 is 28.9 Å². The second-order valence-corrected chi connectivity index (χ2v) is 21.2. The summed E-state index contributed by atoms with van der Waals surface area (Å²) in [6, 6.07) is 12.0. The Balaban J connectivity index is 0.850. The molecule has 2 N–H and O–H groups in total. The number of phenols is 1. The molecule has 64 heavy (non-hydrogen) atoms. The molecule has 4 aliphatic rings. The van der Waals surface area contributed by atoms with Crippen molar-refractivity contribution in [2.75, 3.05) is 13.2 Å². The number of nitrogens with zero attached hydrogens (tertiary/aromatic N) is 1. The second kappa shape index (κ2) is 24.1. The van der Waals surface area contributed by atoms with E-state index in [4.69, 9.17) is 14.2 Å². The Labute approximate surface area is 387 Å². The lowest BCUT2D eigenvalue weighted by Crippen LogP contribution is -2.51. The molecule has 3 saturated carbocycles. The first-order chi connectivity index (χ1) is 30.9. The molecule has 8 nitrogen and oxygen atoms in total. The van der Waals surface area contributed by atoms with Gasteiger partial charge in [0.05, 0.1) is 19.4 Å². The maximum atomic E-state index is 13.0. The molecule has 0 spiro atoms. The Kier molecular flexibility index (Phi) is 18.7. The molecule has 8 atom stereocenters. The van der Waals surface area contributed by atoms with Crippen molar-refractivity contribution in [2.24, 2.45) is 51.4 Å². The molecule has 0 aliphatic heterocycles. The van der Waals surface area contributed by atoms with Gasteiger partial charge in [0.15, 0.2) is 0 Å². The Morgan fingerprint density at radius 3 is 2.25 bits per heavy atom. The van der Waals surface area contributed by atoms with Crippen LogP contribution in [0.25, 0.3) is 0 Å². The second-order valence-electron chi connectivity index (χ2n) is 21.2. The Hall–Kier alpha value is -3.81. The van der Waals surface area contributed by atoms with Crippen molar-refractivity contribution in [3.63, 3.8) is 0 Å². The van der Waals surface area contributed by atoms with E-state index in [1.54, 1.807) is 42.0 Å². The zero-order chi connectivity index (χ0) is 45.5. The fourth-order valence-electron chi connectivity index (χ4n) is 12.6. The maximum absolute atomic E-state index is 13.0. The minimum atomic E-state index is -0.350. The fourth-order valence-corrected chi connectivity index (χ4v) is 12.6. The summed E-state index contributed by atoms with van der Waals surface area (Å²) in [6.07, 6.45) is 29.7. The highest BCUT2D eigenvalue weighted by Gasteiger charge is 2.59. The van der Waals surface area contributed by atoms with Crippen molar-refractivity contribution >= 4 is 18.1 Å². The van der Waals surface area contributed by atoms with Crippen molar-refractivity contribution in [3.05, 3.63) is 65.2 Å². The third-order valence-corrected chi connectivity index (χ3v) is 16.4. The van der Waals surface area contributed by atoms with E-state index >= 15 is 0 Å². The van der Waals surface area contributed by atoms with E-state index < -0.39 is 0 Å². The lowest BCUT2D eigenvalue weighted by atomic mass is 9.47. The molecular weight excluding hydrogens is 797 g/mol. The predicted octanol–water partition coefficient (Wildman–Crippen LogP) is 14.2. The van der Waals surface area contributed by atoms with Crippen LogP contribution in [0.4, 0.5) is 0 Å². The van der Waals surface area contributed by atoms with Crippen LogP contribution in [0.2, 0.25) is 0 Å². The highest BCUT2D eigenvalue weighted by Crippen LogP contribution is 2.67. The predicted molar refractivity (Wildman–Crippen MR) is 260 cm³/mol. The quantitative estimate of drug-likeness (QED) is 0.0338. The van der Waals surface area contributed by atoms with E-state index in [0.29, 0.717) is 54.8 Å². The van der Waals surface area contributed by atoms with Gasteiger partial charge in [-0.05, 0) is 147 Å². The van der Waals surface area contributed by atoms with E-state index in [-0.39, 0.29) is 29.1 Å². The normalized spacial score (nSPS) is 26.7. The van der Waals surface area contributed by atoms with Crippen LogP contribution in [0.1, 0.15) is 199 Å². The average Bonchev–Trinajstić information content (AvgIpc) is 3.64. The van der Waals surface area contributed by atoms with Crippen LogP contribution in [-0.2, 0) is 9.53 Å². The number of fused-ring (bicyclic) bond motifs is 5. The van der Waals surface area contributed by atoms with Crippen molar-refractivity contribution in [3.8, 4) is 17.2 Å². The standard InChI is InChI=1S/C56H84N2O6/c1-7-8-9-10-11-12-13-15-35-62-45-25-21-42(22-26-45)54(61)58-57-39-43-23-27-46(38-52(43)59)63-36-16-14-20-53(60)64-47-31-33-55(5)44(37-47)24-28-48-50-30-29-49(41(4)19-17-18-40(2)3)56(50,6)34-32-51(48)55/h21-27,38-41,47-51,59H,7-20,28-37H2,1-6H3,(H,58,61)/b57-39+/t41-,47+,48+,49-,50+,51+,55+,56-/m1/s1. The Morgan fingerprint density at radius 1 is 0.812 bits per heavy atom. The molecule has 0 radical (unpaired) electrons. The number of aromatic hydroxyl groups is 1. The largest absolute Gasteiger partial charge is 0.507 e. The number of allylic oxidation sites excluding steroid dienone is 1. The van der Waals surface area contributed by atoms with E-state index in [2.05, 4.69) is 58.1 Å². The SMILES string of the molecule is CCCCCCCCCCOc1ccc(C(=O)N/N=C/c2ccc(OCCCCC(=O)O[C@H]3CC[C@@]4(C)C(=CC[C@H]5[C@@H]6CC[C@H]([C@H](C)CCCC(C)C)[C@@]6(C)CC[C@@H]54)C3)cc2O)cc1. The number of nitrogens with one attached hydrogen (secondary N) is 1. The number of phenolic OH excluding ortho intramolecular Hbond substituents is 1. The average molecular weight is 881 g/mol. The number of hydrogen-bond donors (Lipinski definition) is 2. The van der Waals surface area contributed by atoms with Crippen LogP contribution < -0.4 is 14.9 Å². The number of rotatable bonds is 25. The molecule has 0 aromatic heterocycles. The van der Waals surface area contributed by atoms with E-state index in [9.17, 15) is 14.7 Å². The molecule has 3 fully saturated rings. The van der Waals surface area contributed by atoms with E-state index in [0.717, 1.165) is 66.9 Å². The number of carbonyl (C=O) groups is 2. The molecule has 1 amide bonds. The van der Waals surface area contributed by atoms with Gasteiger partial charge in [0, 0.05) is 30.0 Å². The summed E-state index contributed by atoms with van der Waals surface area (Å²) in [5.74, 6) is 5.76. The van der Waals surface area contributed by atoms with Gasteiger partial charge in [-0.3, -0.25) is 9.59 Å². The molecule has 0 bridgehead atoms. The zero-order valence-electron chi connectivity index (χ0n) is 40.6. The van der Waals surface area contributed by atoms with Crippen molar-refractivity contribution in [2.45, 2.75) is 189 Å². The summed E-state index contributed by atoms with van der Waals surface area (Å²) in [5.41, 5.74) is 5.75. The highest BCUT2D eigenvalue weighted by atomic mass is 16.5. The van der Waals surface area contributed by atoms with Gasteiger partial charge in [0.25, 0.3) is 5.91 Å². The molecule has 0 unspecified atom stereocenters. The summed E-state index contributed by atoms with van der Waals surface area (Å²) in [6.45, 7) is 15.8. The van der Waals surface area contributed by atoms with Gasteiger partial charge in [-0.15, -0.1) is 0 Å². The number of carbonyl (C=O) groups excluding carboxylic acids is 2. The van der Waals surface area contributed by atoms with Crippen molar-refractivity contribution in [1.82, 2.24) is 5.43 Å². The van der Waals surface area contributed by atoms with E-state index in [1.165, 1.54) is 109 Å². The number of hydrogen-bond acceptors (Lipinski definition) is 7. The maximum Gasteiger partial charge on any atom is 0.306 e. The zero-order valence-corrected chi connectivity index (χ0v) is 40.6. The molecule has 354 valence electrons. The molecule has 2 aromatic carbocycles. The van der Waals surface area contributed by atoms with Gasteiger partial charge in [-0.25, -0.2) is 5.43 Å². The fraction of sp³-hybridized carbons (Fsp3) is 0.696. The van der Waals surface area contributed by atoms with Crippen LogP contribution >= 0.6 is 0 Å². The van der Waals surface area contributed by atoms with E-state index in [1.807, 2.05) is 0 Å². The minimum Gasteiger partial charge on any atom is -0.507 e. The monoisotopic (exact) mass is 881 g/mol. The lowest BCUT2D eigenvalue weighted by Gasteiger charge is -2.58. The third kappa shape index (κ3) is 13.2. The number of ether oxygens (including phenoxy) is 3. The first kappa shape index (κ1) is 49.6. The van der Waals surface area contributed by atoms with Crippen LogP contribution in [-0.4, -0.2) is 42.5 Å². The molecule has 8 heteroatoms.